The van der Waals surface area contributed by atoms with Crippen LogP contribution in [0.3, 0.4) is 0 Å². The summed E-state index contributed by atoms with van der Waals surface area (Å²) in [5, 5.41) is 37.8. The first-order valence-electron chi connectivity index (χ1n) is 48.4. The third kappa shape index (κ3) is 22.4. The van der Waals surface area contributed by atoms with E-state index in [-0.39, 0.29) is 10.8 Å². The standard InChI is InChI=1S/C48H35N3.C33H22ClN3.C27H18ClN3.C15H15BO2.C6H6BClO2/c1-48(2)43-25-10-9-24-41(43)42-31-39(26-27-44(42)48)37-21-12-19-35(29-37)34-18-11-20-36(28-34)38-22-13-23-40(30-38)47-50-45(32-14-5-3-6-15-32)49-46(51-47)33-16-7-4-8-17-33;34-30-19-9-17-28(22-30)26-15-7-14-25(20-26)27-16-8-18-29(21-27)33-36-31(23-10-3-1-4-11-23)35-32(37-33)24-12-5-2-6-13-24;28-24-16-8-14-22(18-24)21-13-7-15-23(17-21)27-30-25(19-9-3-1-4-10-19)29-26(31-27)20-11-5-2-6-12-20;1-15(2)13-6-4-3-5-11(13)12-9-10(16(17)18)7-8-14(12)15;8-6-3-1-2-5(4-6)7(9)10/h3-31H,1-2H3;1-22H;1-18H;3-9,17-18H,1-2H3;1-4,9-10H. The SMILES string of the molecule is CC1(C)c2ccccc2-c2cc(-c3cccc(-c4cccc(-c5cccc(-c6nc(-c7ccccc7)nc(-c7ccccc7)n6)c5)c4)c3)ccc21.CC1(C)c2ccccc2-c2cc(B(O)O)ccc21.Clc1cccc(-c2cccc(-c3cccc(-c4nc(-c5ccccc5)nc(-c5ccccc5)n4)c3)c2)c1.Clc1cccc(-c2cccc(-c3nc(-c4ccccc4)nc(-c4ccccc4)n3)c2)c1.OB(O)c1cccc(Cl)c1. The minimum atomic E-state index is -1.43. The maximum absolute atomic E-state index is 9.29. The van der Waals surface area contributed by atoms with Gasteiger partial charge in [0.15, 0.2) is 52.4 Å². The average molecular weight is 1960 g/mol. The summed E-state index contributed by atoms with van der Waals surface area (Å²) in [6.45, 7) is 9.06. The van der Waals surface area contributed by atoms with Gasteiger partial charge in [0, 0.05) is 76.0 Å². The highest BCUT2D eigenvalue weighted by molar-refractivity contribution is 6.59. The van der Waals surface area contributed by atoms with E-state index in [0.717, 1.165) is 105 Å². The van der Waals surface area contributed by atoms with Gasteiger partial charge in [-0.15, -0.1) is 0 Å². The Morgan fingerprint density at radius 1 is 0.156 bits per heavy atom. The van der Waals surface area contributed by atoms with Crippen molar-refractivity contribution in [2.75, 3.05) is 0 Å². The summed E-state index contributed by atoms with van der Waals surface area (Å²) in [5.41, 5.74) is 33.3. The van der Waals surface area contributed by atoms with E-state index in [2.05, 4.69) is 210 Å². The highest BCUT2D eigenvalue weighted by atomic mass is 35.5. The fraction of sp³-hybridized carbons (Fsp3) is 0.0465. The zero-order chi connectivity index (χ0) is 101. The molecule has 19 aromatic carbocycles. The lowest BCUT2D eigenvalue weighted by molar-refractivity contribution is 0.424. The van der Waals surface area contributed by atoms with Gasteiger partial charge < -0.3 is 20.1 Å². The third-order valence-electron chi connectivity index (χ3n) is 26.3. The van der Waals surface area contributed by atoms with Crippen molar-refractivity contribution in [1.29, 1.82) is 0 Å². The number of hydrogen-bond acceptors (Lipinski definition) is 13. The lowest BCUT2D eigenvalue weighted by Crippen LogP contribution is -2.30. The van der Waals surface area contributed by atoms with E-state index in [1.54, 1.807) is 24.3 Å². The first-order chi connectivity index (χ1) is 71.7. The molecule has 4 N–H and O–H groups in total. The van der Waals surface area contributed by atoms with E-state index < -0.39 is 14.2 Å². The predicted molar refractivity (Wildman–Crippen MR) is 604 cm³/mol. The van der Waals surface area contributed by atoms with E-state index in [9.17, 15) is 10.0 Å². The Morgan fingerprint density at radius 3 is 0.612 bits per heavy atom. The molecule has 2 aliphatic carbocycles. The van der Waals surface area contributed by atoms with E-state index in [1.807, 2.05) is 273 Å². The molecular formula is C129H96B2Cl3N9O4. The third-order valence-corrected chi connectivity index (χ3v) is 27.0. The highest BCUT2D eigenvalue weighted by Gasteiger charge is 2.37. The number of fused-ring (bicyclic) bond motifs is 6. The molecule has 13 nitrogen and oxygen atoms in total. The fourth-order valence-corrected chi connectivity index (χ4v) is 19.3. The molecule has 0 amide bonds. The number of halogens is 3. The Morgan fingerprint density at radius 2 is 0.347 bits per heavy atom. The quantitative estimate of drug-likeness (QED) is 0.0629. The molecule has 3 heterocycles. The van der Waals surface area contributed by atoms with Crippen LogP contribution in [0, 0.1) is 0 Å². The Balaban J connectivity index is 0.000000121. The largest absolute Gasteiger partial charge is 0.488 e. The van der Waals surface area contributed by atoms with Crippen molar-refractivity contribution in [1.82, 2.24) is 44.9 Å². The van der Waals surface area contributed by atoms with Crippen LogP contribution in [0.2, 0.25) is 15.1 Å². The fourth-order valence-electron chi connectivity index (χ4n) is 18.8. The molecule has 0 fully saturated rings. The normalized spacial score (nSPS) is 11.9. The Bertz CT molecular complexity index is 8320. The molecule has 0 aliphatic heterocycles. The van der Waals surface area contributed by atoms with Crippen LogP contribution in [0.5, 0.6) is 0 Å². The molecule has 3 aromatic heterocycles. The van der Waals surface area contributed by atoms with Gasteiger partial charge in [-0.05, 0) is 201 Å². The van der Waals surface area contributed by atoms with Crippen molar-refractivity contribution >= 4 is 60.0 Å². The predicted octanol–water partition coefficient (Wildman–Crippen LogP) is 29.9. The maximum Gasteiger partial charge on any atom is 0.488 e. The monoisotopic (exact) mass is 1960 g/mol. The first kappa shape index (κ1) is 97.5. The van der Waals surface area contributed by atoms with E-state index in [4.69, 9.17) is 89.7 Å². The summed E-state index contributed by atoms with van der Waals surface area (Å²) in [5.74, 6) is 5.84. The molecule has 0 radical (unpaired) electrons. The van der Waals surface area contributed by atoms with Crippen molar-refractivity contribution in [3.63, 3.8) is 0 Å². The van der Waals surface area contributed by atoms with Crippen molar-refractivity contribution in [3.8, 4) is 192 Å². The lowest BCUT2D eigenvalue weighted by atomic mass is 9.77. The second-order valence-electron chi connectivity index (χ2n) is 36.8. The number of rotatable bonds is 17. The molecule has 0 bridgehead atoms. The Kier molecular flexibility index (Phi) is 29.2. The Hall–Kier alpha value is -17.0. The lowest BCUT2D eigenvalue weighted by Gasteiger charge is -2.21. The van der Waals surface area contributed by atoms with E-state index in [0.29, 0.717) is 73.4 Å². The van der Waals surface area contributed by atoms with Gasteiger partial charge in [-0.2, -0.15) is 0 Å². The van der Waals surface area contributed by atoms with E-state index in [1.165, 1.54) is 67.3 Å². The zero-order valence-electron chi connectivity index (χ0n) is 80.8. The molecular weight excluding hydrogens is 1870 g/mol. The van der Waals surface area contributed by atoms with Crippen molar-refractivity contribution < 1.29 is 20.1 Å². The van der Waals surface area contributed by atoms with Crippen LogP contribution in [0.1, 0.15) is 49.9 Å². The molecule has 0 unspecified atom stereocenters. The van der Waals surface area contributed by atoms with Gasteiger partial charge in [0.25, 0.3) is 0 Å². The summed E-state index contributed by atoms with van der Waals surface area (Å²) in [4.78, 5) is 43.7. The minimum absolute atomic E-state index is 0.00192. The molecule has 0 atom stereocenters. The van der Waals surface area contributed by atoms with Gasteiger partial charge in [-0.25, -0.2) is 44.9 Å². The summed E-state index contributed by atoms with van der Waals surface area (Å²) in [6.07, 6.45) is 0. The van der Waals surface area contributed by atoms with Crippen LogP contribution >= 0.6 is 34.8 Å². The van der Waals surface area contributed by atoms with Crippen LogP contribution in [-0.2, 0) is 10.8 Å². The summed E-state index contributed by atoms with van der Waals surface area (Å²) < 4.78 is 0. The second-order valence-corrected chi connectivity index (χ2v) is 38.1. The molecule has 2 aliphatic rings. The van der Waals surface area contributed by atoms with E-state index >= 15 is 0 Å². The summed E-state index contributed by atoms with van der Waals surface area (Å²) in [7, 11) is -2.84. The molecule has 24 rings (SSSR count). The minimum Gasteiger partial charge on any atom is -0.423 e. The average Bonchev–Trinajstić information content (AvgIpc) is 1.58. The Labute approximate surface area is 871 Å². The van der Waals surface area contributed by atoms with Gasteiger partial charge in [0.1, 0.15) is 0 Å². The van der Waals surface area contributed by atoms with Crippen LogP contribution in [-0.4, -0.2) is 79.2 Å². The van der Waals surface area contributed by atoms with Crippen LogP contribution in [0.25, 0.3) is 192 Å². The zero-order valence-corrected chi connectivity index (χ0v) is 83.1. The molecule has 147 heavy (non-hydrogen) atoms. The molecule has 22 aromatic rings. The van der Waals surface area contributed by atoms with Gasteiger partial charge in [-0.1, -0.05) is 469 Å². The smallest absolute Gasteiger partial charge is 0.423 e. The van der Waals surface area contributed by atoms with Gasteiger partial charge in [-0.3, -0.25) is 0 Å². The van der Waals surface area contributed by atoms with Gasteiger partial charge in [0.2, 0.25) is 0 Å². The topological polar surface area (TPSA) is 197 Å². The van der Waals surface area contributed by atoms with Crippen molar-refractivity contribution in [3.05, 3.63) is 523 Å². The number of nitrogens with zero attached hydrogens (tertiary/aromatic N) is 9. The van der Waals surface area contributed by atoms with Crippen LogP contribution in [0.4, 0.5) is 0 Å². The summed E-state index contributed by atoms with van der Waals surface area (Å²) in [6, 6.07) is 163. The van der Waals surface area contributed by atoms with Gasteiger partial charge in [0.05, 0.1) is 0 Å². The first-order valence-corrected chi connectivity index (χ1v) is 49.6. The number of hydrogen-bond donors (Lipinski definition) is 4. The highest BCUT2D eigenvalue weighted by Crippen LogP contribution is 2.51. The van der Waals surface area contributed by atoms with Crippen LogP contribution < -0.4 is 10.9 Å². The van der Waals surface area contributed by atoms with Crippen molar-refractivity contribution in [2.24, 2.45) is 0 Å². The molecule has 0 spiro atoms. The second kappa shape index (κ2) is 44.1. The van der Waals surface area contributed by atoms with Crippen molar-refractivity contribution in [2.45, 2.75) is 38.5 Å². The molecule has 0 saturated heterocycles. The summed E-state index contributed by atoms with van der Waals surface area (Å²) >= 11 is 18.0. The number of aromatic nitrogens is 9. The molecule has 708 valence electrons. The number of benzene rings is 19. The maximum atomic E-state index is 9.29. The molecule has 0 saturated carbocycles. The van der Waals surface area contributed by atoms with Crippen LogP contribution in [0.15, 0.2) is 485 Å². The van der Waals surface area contributed by atoms with Gasteiger partial charge >= 0.3 is 14.2 Å². The molecule has 18 heteroatoms.